The first-order chi connectivity index (χ1) is 8.91. The number of hydrogen-bond donors (Lipinski definition) is 3. The molecule has 0 saturated heterocycles. The maximum atomic E-state index is 11.6. The van der Waals surface area contributed by atoms with Gasteiger partial charge in [-0.05, 0) is 6.42 Å². The number of aliphatic imine (C=N–C) groups is 1. The van der Waals surface area contributed by atoms with Gasteiger partial charge in [-0.15, -0.1) is 24.0 Å². The minimum atomic E-state index is -0.333. The van der Waals surface area contributed by atoms with Gasteiger partial charge in [-0.25, -0.2) is 0 Å². The normalized spacial score (nSPS) is 11.6. The minimum absolute atomic E-state index is 0. The van der Waals surface area contributed by atoms with Crippen LogP contribution >= 0.6 is 24.0 Å². The van der Waals surface area contributed by atoms with Crippen LogP contribution in [-0.2, 0) is 4.79 Å². The molecule has 0 heterocycles. The lowest BCUT2D eigenvalue weighted by atomic mass is 9.96. The van der Waals surface area contributed by atoms with Crippen LogP contribution in [0.25, 0.3) is 0 Å². The molecular formula is C14H31IN4O. The monoisotopic (exact) mass is 398 g/mol. The number of guanidine groups is 1. The standard InChI is InChI=1S/C14H30N4O.HI/c1-6-7-8-9-17-13(15-5)18-11-10-16-12(19)14(2,3)4;/h6-11H2,1-5H3,(H,16,19)(H2,15,17,18);1H. The highest BCUT2D eigenvalue weighted by Gasteiger charge is 2.20. The van der Waals surface area contributed by atoms with Crippen LogP contribution in [0.15, 0.2) is 4.99 Å². The van der Waals surface area contributed by atoms with Gasteiger partial charge in [-0.2, -0.15) is 0 Å². The fourth-order valence-corrected chi connectivity index (χ4v) is 1.42. The first-order valence-electron chi connectivity index (χ1n) is 7.14. The van der Waals surface area contributed by atoms with Crippen LogP contribution < -0.4 is 16.0 Å². The van der Waals surface area contributed by atoms with E-state index in [1.165, 1.54) is 12.8 Å². The van der Waals surface area contributed by atoms with Crippen LogP contribution in [0.5, 0.6) is 0 Å². The van der Waals surface area contributed by atoms with Crippen LogP contribution in [0.1, 0.15) is 47.0 Å². The molecule has 0 aliphatic carbocycles. The molecule has 0 bridgehead atoms. The number of nitrogens with zero attached hydrogens (tertiary/aromatic N) is 1. The predicted octanol–water partition coefficient (Wildman–Crippen LogP) is 2.12. The first kappa shape index (κ1) is 21.8. The summed E-state index contributed by atoms with van der Waals surface area (Å²) < 4.78 is 0. The van der Waals surface area contributed by atoms with Crippen molar-refractivity contribution < 1.29 is 4.79 Å². The topological polar surface area (TPSA) is 65.5 Å². The van der Waals surface area contributed by atoms with E-state index in [1.807, 2.05) is 20.8 Å². The summed E-state index contributed by atoms with van der Waals surface area (Å²) in [5, 5.41) is 9.32. The Morgan fingerprint density at radius 1 is 1.00 bits per heavy atom. The Morgan fingerprint density at radius 2 is 1.55 bits per heavy atom. The molecule has 0 aromatic carbocycles. The van der Waals surface area contributed by atoms with E-state index in [0.29, 0.717) is 13.1 Å². The molecule has 0 unspecified atom stereocenters. The molecule has 0 aromatic heterocycles. The van der Waals surface area contributed by atoms with Gasteiger partial charge in [0, 0.05) is 32.1 Å². The Bertz CT molecular complexity index is 287. The van der Waals surface area contributed by atoms with Gasteiger partial charge in [0.05, 0.1) is 0 Å². The largest absolute Gasteiger partial charge is 0.356 e. The highest BCUT2D eigenvalue weighted by molar-refractivity contribution is 14.0. The summed E-state index contributed by atoms with van der Waals surface area (Å²) in [6, 6.07) is 0. The number of hydrogen-bond acceptors (Lipinski definition) is 2. The Balaban J connectivity index is 0. The van der Waals surface area contributed by atoms with Crippen LogP contribution in [-0.4, -0.2) is 38.5 Å². The van der Waals surface area contributed by atoms with Crippen LogP contribution in [0.4, 0.5) is 0 Å². The number of amides is 1. The average Bonchev–Trinajstić information content (AvgIpc) is 2.35. The first-order valence-corrected chi connectivity index (χ1v) is 7.14. The zero-order valence-corrected chi connectivity index (χ0v) is 15.8. The number of nitrogens with one attached hydrogen (secondary N) is 3. The number of carbonyl (C=O) groups excluding carboxylic acids is 1. The van der Waals surface area contributed by atoms with Crippen molar-refractivity contribution in [2.45, 2.75) is 47.0 Å². The molecule has 0 spiro atoms. The Labute approximate surface area is 140 Å². The number of carbonyl (C=O) groups is 1. The molecule has 0 rings (SSSR count). The summed E-state index contributed by atoms with van der Waals surface area (Å²) >= 11 is 0. The Kier molecular flexibility index (Phi) is 13.3. The van der Waals surface area contributed by atoms with E-state index in [0.717, 1.165) is 18.9 Å². The van der Waals surface area contributed by atoms with Crippen molar-refractivity contribution in [1.82, 2.24) is 16.0 Å². The lowest BCUT2D eigenvalue weighted by Crippen LogP contribution is -2.43. The van der Waals surface area contributed by atoms with Gasteiger partial charge < -0.3 is 16.0 Å². The van der Waals surface area contributed by atoms with Crippen molar-refractivity contribution >= 4 is 35.8 Å². The summed E-state index contributed by atoms with van der Waals surface area (Å²) in [6.45, 7) is 10.1. The maximum absolute atomic E-state index is 11.6. The third-order valence-corrected chi connectivity index (χ3v) is 2.68. The summed E-state index contributed by atoms with van der Waals surface area (Å²) in [6.07, 6.45) is 3.59. The van der Waals surface area contributed by atoms with Crippen LogP contribution in [0.2, 0.25) is 0 Å². The molecule has 20 heavy (non-hydrogen) atoms. The Hall–Kier alpha value is -0.530. The van der Waals surface area contributed by atoms with E-state index in [-0.39, 0.29) is 35.3 Å². The van der Waals surface area contributed by atoms with E-state index < -0.39 is 0 Å². The van der Waals surface area contributed by atoms with E-state index in [4.69, 9.17) is 0 Å². The zero-order valence-electron chi connectivity index (χ0n) is 13.5. The second kappa shape index (κ2) is 12.2. The lowest BCUT2D eigenvalue weighted by Gasteiger charge is -2.18. The van der Waals surface area contributed by atoms with Crippen molar-refractivity contribution in [2.75, 3.05) is 26.7 Å². The second-order valence-corrected chi connectivity index (χ2v) is 5.64. The fraction of sp³-hybridized carbons (Fsp3) is 0.857. The summed E-state index contributed by atoms with van der Waals surface area (Å²) in [7, 11) is 1.75. The number of rotatable bonds is 7. The quantitative estimate of drug-likeness (QED) is 0.266. The minimum Gasteiger partial charge on any atom is -0.356 e. The molecule has 0 aliphatic rings. The van der Waals surface area contributed by atoms with Crippen molar-refractivity contribution in [3.05, 3.63) is 0 Å². The molecule has 6 heteroatoms. The zero-order chi connectivity index (χ0) is 14.7. The van der Waals surface area contributed by atoms with Gasteiger partial charge in [0.1, 0.15) is 0 Å². The van der Waals surface area contributed by atoms with Gasteiger partial charge in [0.25, 0.3) is 0 Å². The Morgan fingerprint density at radius 3 is 2.05 bits per heavy atom. The average molecular weight is 398 g/mol. The fourth-order valence-electron chi connectivity index (χ4n) is 1.42. The van der Waals surface area contributed by atoms with E-state index in [9.17, 15) is 4.79 Å². The van der Waals surface area contributed by atoms with Crippen molar-refractivity contribution in [1.29, 1.82) is 0 Å². The maximum Gasteiger partial charge on any atom is 0.225 e. The SMILES string of the molecule is CCCCCNC(=NC)NCCNC(=O)C(C)(C)C.I. The molecule has 0 radical (unpaired) electrons. The molecule has 0 atom stereocenters. The molecular weight excluding hydrogens is 367 g/mol. The van der Waals surface area contributed by atoms with Crippen LogP contribution in [0.3, 0.4) is 0 Å². The van der Waals surface area contributed by atoms with E-state index in [1.54, 1.807) is 7.05 Å². The van der Waals surface area contributed by atoms with Gasteiger partial charge in [0.15, 0.2) is 5.96 Å². The third kappa shape index (κ3) is 11.3. The van der Waals surface area contributed by atoms with Gasteiger partial charge in [-0.1, -0.05) is 40.5 Å². The smallest absolute Gasteiger partial charge is 0.225 e. The number of unbranched alkanes of at least 4 members (excludes halogenated alkanes) is 2. The third-order valence-electron chi connectivity index (χ3n) is 2.68. The van der Waals surface area contributed by atoms with Crippen LogP contribution in [0, 0.1) is 5.41 Å². The van der Waals surface area contributed by atoms with E-state index in [2.05, 4.69) is 27.9 Å². The molecule has 120 valence electrons. The van der Waals surface area contributed by atoms with Gasteiger partial charge in [0.2, 0.25) is 5.91 Å². The van der Waals surface area contributed by atoms with Gasteiger partial charge in [-0.3, -0.25) is 9.79 Å². The molecule has 0 fully saturated rings. The lowest BCUT2D eigenvalue weighted by molar-refractivity contribution is -0.128. The predicted molar refractivity (Wildman–Crippen MR) is 96.8 cm³/mol. The van der Waals surface area contributed by atoms with Crippen molar-refractivity contribution in [3.8, 4) is 0 Å². The summed E-state index contributed by atoms with van der Waals surface area (Å²) in [5.74, 6) is 0.862. The molecule has 1 amide bonds. The molecule has 3 N–H and O–H groups in total. The highest BCUT2D eigenvalue weighted by Crippen LogP contribution is 2.11. The van der Waals surface area contributed by atoms with Crippen molar-refractivity contribution in [2.24, 2.45) is 10.4 Å². The van der Waals surface area contributed by atoms with Gasteiger partial charge >= 0.3 is 0 Å². The molecule has 5 nitrogen and oxygen atoms in total. The summed E-state index contributed by atoms with van der Waals surface area (Å²) in [5.41, 5.74) is -0.333. The number of halogens is 1. The molecule has 0 aromatic rings. The van der Waals surface area contributed by atoms with Crippen molar-refractivity contribution in [3.63, 3.8) is 0 Å². The highest BCUT2D eigenvalue weighted by atomic mass is 127. The molecule has 0 aliphatic heterocycles. The molecule has 0 saturated carbocycles. The van der Waals surface area contributed by atoms with E-state index >= 15 is 0 Å². The second-order valence-electron chi connectivity index (χ2n) is 5.64. The summed E-state index contributed by atoms with van der Waals surface area (Å²) in [4.78, 5) is 15.8.